The fraction of sp³-hybridized carbons (Fsp3) is 0.304. The maximum absolute atomic E-state index is 13.3. The molecule has 4 rings (SSSR count). The van der Waals surface area contributed by atoms with E-state index in [4.69, 9.17) is 21.3 Å². The van der Waals surface area contributed by atoms with Crippen LogP contribution in [0.2, 0.25) is 30.7 Å². The fourth-order valence-corrected chi connectivity index (χ4v) is 4.59. The van der Waals surface area contributed by atoms with Crippen LogP contribution in [0.25, 0.3) is 33.2 Å². The number of imidazole rings is 1. The molecule has 0 aliphatic rings. The van der Waals surface area contributed by atoms with Gasteiger partial charge in [-0.05, 0) is 35.9 Å². The molecule has 0 unspecified atom stereocenters. The van der Waals surface area contributed by atoms with Crippen LogP contribution in [0, 0.1) is 5.82 Å². The lowest BCUT2D eigenvalue weighted by atomic mass is 10.0. The van der Waals surface area contributed by atoms with Crippen molar-refractivity contribution < 1.29 is 9.13 Å². The number of ether oxygens (including phenoxy) is 1. The third-order valence-electron chi connectivity index (χ3n) is 5.40. The van der Waals surface area contributed by atoms with Crippen LogP contribution in [0.3, 0.4) is 0 Å². The molecule has 0 saturated carbocycles. The second kappa shape index (κ2) is 8.22. The Balaban J connectivity index is 1.76. The van der Waals surface area contributed by atoms with Crippen molar-refractivity contribution in [1.82, 2.24) is 14.1 Å². The Kier molecular flexibility index (Phi) is 5.76. The highest BCUT2D eigenvalue weighted by molar-refractivity contribution is 6.76. The summed E-state index contributed by atoms with van der Waals surface area (Å²) in [4.78, 5) is 17.5. The van der Waals surface area contributed by atoms with E-state index in [0.29, 0.717) is 28.3 Å². The molecule has 0 aliphatic carbocycles. The molecule has 4 aromatic rings. The molecule has 2 aromatic carbocycles. The molecule has 5 nitrogen and oxygen atoms in total. The average molecular weight is 458 g/mol. The summed E-state index contributed by atoms with van der Waals surface area (Å²) in [6, 6.07) is 12.8. The van der Waals surface area contributed by atoms with Crippen LogP contribution in [-0.2, 0) is 18.5 Å². The van der Waals surface area contributed by atoms with Crippen molar-refractivity contribution in [2.75, 3.05) is 6.61 Å². The molecule has 0 fully saturated rings. The predicted molar refractivity (Wildman–Crippen MR) is 127 cm³/mol. The van der Waals surface area contributed by atoms with Gasteiger partial charge in [-0.2, -0.15) is 0 Å². The lowest BCUT2D eigenvalue weighted by molar-refractivity contribution is 0.0869. The Bertz CT molecular complexity index is 1320. The van der Waals surface area contributed by atoms with Crippen molar-refractivity contribution in [3.63, 3.8) is 0 Å². The topological polar surface area (TPSA) is 49.0 Å². The number of aryl methyl sites for hydroxylation is 1. The van der Waals surface area contributed by atoms with E-state index in [0.717, 1.165) is 22.6 Å². The molecule has 2 heterocycles. The molecule has 0 bridgehead atoms. The summed E-state index contributed by atoms with van der Waals surface area (Å²) < 4.78 is 22.2. The molecule has 162 valence electrons. The zero-order valence-electron chi connectivity index (χ0n) is 18.1. The van der Waals surface area contributed by atoms with Crippen LogP contribution in [0.1, 0.15) is 0 Å². The predicted octanol–water partition coefficient (Wildman–Crippen LogP) is 5.66. The first-order chi connectivity index (χ1) is 14.7. The van der Waals surface area contributed by atoms with E-state index in [9.17, 15) is 9.18 Å². The maximum atomic E-state index is 13.3. The maximum Gasteiger partial charge on any atom is 0.331 e. The second-order valence-corrected chi connectivity index (χ2v) is 14.9. The molecule has 0 amide bonds. The van der Waals surface area contributed by atoms with Gasteiger partial charge in [-0.25, -0.2) is 14.2 Å². The lowest BCUT2D eigenvalue weighted by Gasteiger charge is -2.15. The van der Waals surface area contributed by atoms with Crippen molar-refractivity contribution in [3.8, 4) is 11.1 Å². The van der Waals surface area contributed by atoms with Gasteiger partial charge in [-0.1, -0.05) is 49.4 Å². The first-order valence-electron chi connectivity index (χ1n) is 10.2. The quantitative estimate of drug-likeness (QED) is 0.277. The third-order valence-corrected chi connectivity index (χ3v) is 7.51. The highest BCUT2D eigenvalue weighted by Crippen LogP contribution is 2.35. The molecule has 8 heteroatoms. The number of hydrogen-bond acceptors (Lipinski definition) is 3. The molecule has 0 saturated heterocycles. The SMILES string of the molecule is Cn1c(=O)n(COCC[Si](C)(C)C)c2nc3ccc(-c4ccc(F)cc4)c(Cl)c3cc21. The summed E-state index contributed by atoms with van der Waals surface area (Å²) in [5.41, 5.74) is 3.36. The minimum atomic E-state index is -1.21. The van der Waals surface area contributed by atoms with Crippen LogP contribution in [0.5, 0.6) is 0 Å². The van der Waals surface area contributed by atoms with E-state index in [-0.39, 0.29) is 18.2 Å². The Hall–Kier alpha value is -2.48. The monoisotopic (exact) mass is 457 g/mol. The van der Waals surface area contributed by atoms with Gasteiger partial charge in [0, 0.05) is 32.7 Å². The smallest absolute Gasteiger partial charge is 0.331 e. The van der Waals surface area contributed by atoms with Crippen LogP contribution < -0.4 is 5.69 Å². The first-order valence-corrected chi connectivity index (χ1v) is 14.3. The number of hydrogen-bond donors (Lipinski definition) is 0. The van der Waals surface area contributed by atoms with Gasteiger partial charge in [-0.3, -0.25) is 9.13 Å². The van der Waals surface area contributed by atoms with Gasteiger partial charge < -0.3 is 4.74 Å². The van der Waals surface area contributed by atoms with E-state index in [1.54, 1.807) is 28.3 Å². The number of halogens is 2. The zero-order valence-corrected chi connectivity index (χ0v) is 19.8. The zero-order chi connectivity index (χ0) is 22.3. The summed E-state index contributed by atoms with van der Waals surface area (Å²) in [5.74, 6) is -0.299. The largest absolute Gasteiger partial charge is 0.361 e. The Labute approximate surface area is 186 Å². The van der Waals surface area contributed by atoms with Gasteiger partial charge >= 0.3 is 5.69 Å². The van der Waals surface area contributed by atoms with Gasteiger partial charge in [0.2, 0.25) is 0 Å². The van der Waals surface area contributed by atoms with Gasteiger partial charge in [0.15, 0.2) is 5.65 Å². The van der Waals surface area contributed by atoms with Crippen LogP contribution in [0.4, 0.5) is 4.39 Å². The summed E-state index contributed by atoms with van der Waals surface area (Å²) in [7, 11) is 0.511. The molecular formula is C23H25ClFN3O2Si. The van der Waals surface area contributed by atoms with Crippen LogP contribution >= 0.6 is 11.6 Å². The molecule has 0 spiro atoms. The standard InChI is InChI=1S/C23H25ClFN3O2Si/c1-27-20-13-18-19(10-9-17(21(18)24)15-5-7-16(25)8-6-15)26-22(20)28(23(27)29)14-30-11-12-31(2,3)4/h5-10,13H,11-12,14H2,1-4H3. The summed E-state index contributed by atoms with van der Waals surface area (Å²) in [5, 5.41) is 1.26. The molecule has 0 radical (unpaired) electrons. The van der Waals surface area contributed by atoms with Crippen molar-refractivity contribution in [2.24, 2.45) is 7.05 Å². The van der Waals surface area contributed by atoms with Crippen LogP contribution in [0.15, 0.2) is 47.3 Å². The lowest BCUT2D eigenvalue weighted by Crippen LogP contribution is -2.25. The number of benzene rings is 2. The van der Waals surface area contributed by atoms with Gasteiger partial charge in [0.1, 0.15) is 12.5 Å². The molecule has 0 atom stereocenters. The van der Waals surface area contributed by atoms with Crippen molar-refractivity contribution >= 4 is 41.7 Å². The molecule has 2 aromatic heterocycles. The molecule has 0 aliphatic heterocycles. The van der Waals surface area contributed by atoms with Crippen molar-refractivity contribution in [3.05, 3.63) is 63.8 Å². The minimum absolute atomic E-state index is 0.167. The van der Waals surface area contributed by atoms with E-state index in [1.165, 1.54) is 12.1 Å². The number of fused-ring (bicyclic) bond motifs is 2. The average Bonchev–Trinajstić information content (AvgIpc) is 2.94. The highest BCUT2D eigenvalue weighted by atomic mass is 35.5. The third kappa shape index (κ3) is 4.30. The van der Waals surface area contributed by atoms with Crippen molar-refractivity contribution in [2.45, 2.75) is 32.4 Å². The number of nitrogens with zero attached hydrogens (tertiary/aromatic N) is 3. The molecule has 0 N–H and O–H groups in total. The van der Waals surface area contributed by atoms with E-state index in [1.807, 2.05) is 18.2 Å². The Morgan fingerprint density at radius 3 is 2.52 bits per heavy atom. The van der Waals surface area contributed by atoms with Gasteiger partial charge in [0.25, 0.3) is 0 Å². The van der Waals surface area contributed by atoms with Gasteiger partial charge in [-0.15, -0.1) is 0 Å². The molecule has 31 heavy (non-hydrogen) atoms. The summed E-state index contributed by atoms with van der Waals surface area (Å²) in [6.07, 6.45) is 0. The number of pyridine rings is 1. The number of aromatic nitrogens is 3. The van der Waals surface area contributed by atoms with Gasteiger partial charge in [0.05, 0.1) is 16.1 Å². The molecular weight excluding hydrogens is 433 g/mol. The summed E-state index contributed by atoms with van der Waals surface area (Å²) in [6.45, 7) is 7.66. The van der Waals surface area contributed by atoms with E-state index < -0.39 is 8.07 Å². The Morgan fingerprint density at radius 1 is 1.13 bits per heavy atom. The van der Waals surface area contributed by atoms with E-state index in [2.05, 4.69) is 19.6 Å². The van der Waals surface area contributed by atoms with Crippen molar-refractivity contribution in [1.29, 1.82) is 0 Å². The normalized spacial score (nSPS) is 12.2. The Morgan fingerprint density at radius 2 is 1.84 bits per heavy atom. The second-order valence-electron chi connectivity index (χ2n) is 8.95. The first kappa shape index (κ1) is 21.7. The highest BCUT2D eigenvalue weighted by Gasteiger charge is 2.17. The fourth-order valence-electron chi connectivity index (χ4n) is 3.51. The minimum Gasteiger partial charge on any atom is -0.361 e. The number of rotatable bonds is 6. The summed E-state index contributed by atoms with van der Waals surface area (Å²) >= 11 is 6.71. The van der Waals surface area contributed by atoms with Crippen LogP contribution in [-0.4, -0.2) is 28.8 Å². The van der Waals surface area contributed by atoms with E-state index >= 15 is 0 Å².